The third-order valence-electron chi connectivity index (χ3n) is 4.85. The van der Waals surface area contributed by atoms with Gasteiger partial charge in [-0.2, -0.15) is 0 Å². The van der Waals surface area contributed by atoms with E-state index in [0.29, 0.717) is 17.5 Å². The van der Waals surface area contributed by atoms with E-state index in [9.17, 15) is 4.79 Å². The summed E-state index contributed by atoms with van der Waals surface area (Å²) < 4.78 is 12.1. The highest BCUT2D eigenvalue weighted by atomic mass is 127. The van der Waals surface area contributed by atoms with Crippen molar-refractivity contribution >= 4 is 45.9 Å². The predicted octanol–water partition coefficient (Wildman–Crippen LogP) is 5.51. The maximum absolute atomic E-state index is 12.4. The SMILES string of the molecule is COc1ccc(CCCc2nnc(SCC(=O)Nc3c(C)cc(I)cc3C)o2)cc1C. The van der Waals surface area contributed by atoms with Gasteiger partial charge in [0.15, 0.2) is 0 Å². The standard InChI is InChI=1S/C23H26IN3O3S/c1-14-10-17(8-9-19(14)29-4)6-5-7-21-26-27-23(30-21)31-13-20(28)25-22-15(2)11-18(24)12-16(22)3/h8-12H,5-7,13H2,1-4H3,(H,25,28). The molecule has 164 valence electrons. The molecule has 0 atom stereocenters. The number of rotatable bonds is 9. The van der Waals surface area contributed by atoms with Crippen molar-refractivity contribution < 1.29 is 13.9 Å². The molecule has 3 aromatic rings. The largest absolute Gasteiger partial charge is 0.496 e. The van der Waals surface area contributed by atoms with E-state index in [-0.39, 0.29) is 11.7 Å². The van der Waals surface area contributed by atoms with Crippen molar-refractivity contribution in [3.8, 4) is 5.75 Å². The van der Waals surface area contributed by atoms with Crippen LogP contribution in [0.3, 0.4) is 0 Å². The number of anilines is 1. The number of nitrogens with one attached hydrogen (secondary N) is 1. The van der Waals surface area contributed by atoms with E-state index < -0.39 is 0 Å². The van der Waals surface area contributed by atoms with E-state index >= 15 is 0 Å². The van der Waals surface area contributed by atoms with E-state index in [1.54, 1.807) is 7.11 Å². The monoisotopic (exact) mass is 551 g/mol. The van der Waals surface area contributed by atoms with Crippen molar-refractivity contribution in [2.24, 2.45) is 0 Å². The van der Waals surface area contributed by atoms with Gasteiger partial charge in [0, 0.05) is 15.7 Å². The van der Waals surface area contributed by atoms with Crippen molar-refractivity contribution in [1.82, 2.24) is 10.2 Å². The molecule has 0 aliphatic carbocycles. The van der Waals surface area contributed by atoms with Gasteiger partial charge in [0.1, 0.15) is 5.75 Å². The van der Waals surface area contributed by atoms with Crippen LogP contribution in [0.15, 0.2) is 40.0 Å². The number of hydrogen-bond acceptors (Lipinski definition) is 6. The zero-order valence-corrected chi connectivity index (χ0v) is 21.1. The summed E-state index contributed by atoms with van der Waals surface area (Å²) in [5.41, 5.74) is 5.35. The summed E-state index contributed by atoms with van der Waals surface area (Å²) in [7, 11) is 1.68. The molecular weight excluding hydrogens is 525 g/mol. The molecule has 1 N–H and O–H groups in total. The predicted molar refractivity (Wildman–Crippen MR) is 132 cm³/mol. The quantitative estimate of drug-likeness (QED) is 0.279. The van der Waals surface area contributed by atoms with Gasteiger partial charge in [0.2, 0.25) is 11.8 Å². The second kappa shape index (κ2) is 11.0. The minimum absolute atomic E-state index is 0.0907. The summed E-state index contributed by atoms with van der Waals surface area (Å²) in [6.45, 7) is 6.03. The number of aryl methyl sites for hydroxylation is 5. The number of benzene rings is 2. The van der Waals surface area contributed by atoms with Crippen LogP contribution in [0, 0.1) is 24.3 Å². The molecule has 0 saturated heterocycles. The van der Waals surface area contributed by atoms with Crippen LogP contribution in [0.25, 0.3) is 0 Å². The van der Waals surface area contributed by atoms with Crippen molar-refractivity contribution in [2.75, 3.05) is 18.2 Å². The molecule has 0 fully saturated rings. The zero-order valence-electron chi connectivity index (χ0n) is 18.1. The van der Waals surface area contributed by atoms with E-state index in [1.165, 1.54) is 17.3 Å². The van der Waals surface area contributed by atoms with E-state index in [2.05, 4.69) is 50.2 Å². The van der Waals surface area contributed by atoms with Gasteiger partial charge in [-0.3, -0.25) is 4.79 Å². The van der Waals surface area contributed by atoms with Crippen LogP contribution in [0.5, 0.6) is 5.75 Å². The molecule has 2 aromatic carbocycles. The average Bonchev–Trinajstić information content (AvgIpc) is 3.17. The number of halogens is 1. The van der Waals surface area contributed by atoms with Gasteiger partial charge in [-0.05, 0) is 96.7 Å². The van der Waals surface area contributed by atoms with Crippen LogP contribution in [0.2, 0.25) is 0 Å². The molecule has 1 heterocycles. The van der Waals surface area contributed by atoms with Gasteiger partial charge in [0.05, 0.1) is 12.9 Å². The number of ether oxygens (including phenoxy) is 1. The molecule has 8 heteroatoms. The van der Waals surface area contributed by atoms with Gasteiger partial charge in [-0.25, -0.2) is 0 Å². The Kier molecular flexibility index (Phi) is 8.36. The Labute approximate surface area is 200 Å². The van der Waals surface area contributed by atoms with E-state index in [1.807, 2.05) is 39.0 Å². The molecule has 6 nitrogen and oxygen atoms in total. The van der Waals surface area contributed by atoms with Crippen LogP contribution >= 0.6 is 34.4 Å². The fourth-order valence-electron chi connectivity index (χ4n) is 3.35. The Morgan fingerprint density at radius 3 is 2.52 bits per heavy atom. The Balaban J connectivity index is 1.45. The zero-order chi connectivity index (χ0) is 22.4. The van der Waals surface area contributed by atoms with E-state index in [4.69, 9.17) is 9.15 Å². The summed E-state index contributed by atoms with van der Waals surface area (Å²) in [6, 6.07) is 10.3. The lowest BCUT2D eigenvalue weighted by Crippen LogP contribution is -2.16. The van der Waals surface area contributed by atoms with Crippen LogP contribution in [-0.4, -0.2) is 29.0 Å². The minimum Gasteiger partial charge on any atom is -0.496 e. The van der Waals surface area contributed by atoms with Gasteiger partial charge in [-0.15, -0.1) is 10.2 Å². The van der Waals surface area contributed by atoms with Crippen LogP contribution in [-0.2, 0) is 17.6 Å². The summed E-state index contributed by atoms with van der Waals surface area (Å²) in [5, 5.41) is 11.6. The average molecular weight is 551 g/mol. The number of nitrogens with zero attached hydrogens (tertiary/aromatic N) is 2. The summed E-state index contributed by atoms with van der Waals surface area (Å²) in [4.78, 5) is 12.4. The van der Waals surface area contributed by atoms with Crippen molar-refractivity contribution in [3.05, 3.63) is 62.0 Å². The third kappa shape index (κ3) is 6.70. The van der Waals surface area contributed by atoms with Crippen LogP contribution in [0.1, 0.15) is 34.6 Å². The number of hydrogen-bond donors (Lipinski definition) is 1. The van der Waals surface area contributed by atoms with E-state index in [0.717, 1.165) is 44.5 Å². The number of thioether (sulfide) groups is 1. The Morgan fingerprint density at radius 2 is 1.84 bits per heavy atom. The van der Waals surface area contributed by atoms with Crippen LogP contribution in [0.4, 0.5) is 5.69 Å². The third-order valence-corrected chi connectivity index (χ3v) is 6.29. The molecule has 0 radical (unpaired) electrons. The molecule has 0 saturated carbocycles. The molecule has 0 unspecified atom stereocenters. The first kappa shape index (κ1) is 23.6. The lowest BCUT2D eigenvalue weighted by molar-refractivity contribution is -0.113. The summed E-state index contributed by atoms with van der Waals surface area (Å²) in [5.74, 6) is 1.63. The highest BCUT2D eigenvalue weighted by Crippen LogP contribution is 2.24. The molecule has 1 amide bonds. The number of carbonyl (C=O) groups excluding carboxylic acids is 1. The smallest absolute Gasteiger partial charge is 0.277 e. The van der Waals surface area contributed by atoms with Crippen molar-refractivity contribution in [1.29, 1.82) is 0 Å². The molecule has 1 aromatic heterocycles. The fraction of sp³-hybridized carbons (Fsp3) is 0.348. The molecule has 0 spiro atoms. The molecule has 3 rings (SSSR count). The number of carbonyl (C=O) groups is 1. The lowest BCUT2D eigenvalue weighted by atomic mass is 10.1. The van der Waals surface area contributed by atoms with Gasteiger partial charge in [-0.1, -0.05) is 23.9 Å². The van der Waals surface area contributed by atoms with Gasteiger partial charge >= 0.3 is 0 Å². The van der Waals surface area contributed by atoms with Gasteiger partial charge in [0.25, 0.3) is 5.22 Å². The van der Waals surface area contributed by atoms with Crippen molar-refractivity contribution in [3.63, 3.8) is 0 Å². The Bertz CT molecular complexity index is 1040. The molecule has 0 aliphatic heterocycles. The number of aromatic nitrogens is 2. The fourth-order valence-corrected chi connectivity index (χ4v) is 4.86. The maximum atomic E-state index is 12.4. The highest BCUT2D eigenvalue weighted by Gasteiger charge is 2.12. The minimum atomic E-state index is -0.0907. The number of methoxy groups -OCH3 is 1. The lowest BCUT2D eigenvalue weighted by Gasteiger charge is -2.11. The van der Waals surface area contributed by atoms with Crippen molar-refractivity contribution in [2.45, 2.75) is 45.3 Å². The highest BCUT2D eigenvalue weighted by molar-refractivity contribution is 14.1. The van der Waals surface area contributed by atoms with Crippen LogP contribution < -0.4 is 10.1 Å². The first-order chi connectivity index (χ1) is 14.9. The Hall–Kier alpha value is -2.07. The normalized spacial score (nSPS) is 10.9. The summed E-state index contributed by atoms with van der Waals surface area (Å²) >= 11 is 3.53. The number of amides is 1. The topological polar surface area (TPSA) is 77.2 Å². The first-order valence-corrected chi connectivity index (χ1v) is 12.1. The van der Waals surface area contributed by atoms with Gasteiger partial charge < -0.3 is 14.5 Å². The first-order valence-electron chi connectivity index (χ1n) is 10.0. The Morgan fingerprint density at radius 1 is 1.10 bits per heavy atom. The molecular formula is C23H26IN3O3S. The summed E-state index contributed by atoms with van der Waals surface area (Å²) in [6.07, 6.45) is 2.53. The second-order valence-corrected chi connectivity index (χ2v) is 9.54. The molecule has 31 heavy (non-hydrogen) atoms. The molecule has 0 aliphatic rings. The maximum Gasteiger partial charge on any atom is 0.277 e. The second-order valence-electron chi connectivity index (χ2n) is 7.37. The molecule has 0 bridgehead atoms.